The van der Waals surface area contributed by atoms with Crippen LogP contribution >= 0.6 is 0 Å². The molecule has 200 valence electrons. The molecular formula is C31H37N3O4. The highest BCUT2D eigenvalue weighted by Crippen LogP contribution is 2.23. The van der Waals surface area contributed by atoms with E-state index in [4.69, 9.17) is 4.74 Å². The third-order valence-electron chi connectivity index (χ3n) is 5.96. The van der Waals surface area contributed by atoms with E-state index in [1.165, 1.54) is 4.90 Å². The summed E-state index contributed by atoms with van der Waals surface area (Å²) in [6.45, 7) is 7.57. The molecular weight excluding hydrogens is 478 g/mol. The molecule has 0 aromatic heterocycles. The summed E-state index contributed by atoms with van der Waals surface area (Å²) in [7, 11) is 1.59. The smallest absolute Gasteiger partial charge is 0.408 e. The Morgan fingerprint density at radius 3 is 1.95 bits per heavy atom. The van der Waals surface area contributed by atoms with E-state index in [0.717, 1.165) is 16.7 Å². The Kier molecular flexibility index (Phi) is 9.66. The van der Waals surface area contributed by atoms with Gasteiger partial charge in [0.15, 0.2) is 0 Å². The van der Waals surface area contributed by atoms with Crippen molar-refractivity contribution in [3.8, 4) is 0 Å². The second-order valence-corrected chi connectivity index (χ2v) is 10.4. The molecule has 0 saturated heterocycles. The lowest BCUT2D eigenvalue weighted by Crippen LogP contribution is -2.52. The van der Waals surface area contributed by atoms with Gasteiger partial charge in [0.25, 0.3) is 0 Å². The number of amides is 3. The van der Waals surface area contributed by atoms with E-state index in [1.807, 2.05) is 91.9 Å². The van der Waals surface area contributed by atoms with Crippen molar-refractivity contribution in [2.24, 2.45) is 0 Å². The molecule has 3 amide bonds. The maximum Gasteiger partial charge on any atom is 0.408 e. The number of alkyl carbamates (subject to hydrolysis) is 1. The number of carbonyl (C=O) groups is 3. The Labute approximate surface area is 225 Å². The molecule has 0 aliphatic heterocycles. The van der Waals surface area contributed by atoms with Crippen molar-refractivity contribution in [3.05, 3.63) is 107 Å². The second-order valence-electron chi connectivity index (χ2n) is 10.4. The lowest BCUT2D eigenvalue weighted by molar-refractivity contribution is -0.140. The average Bonchev–Trinajstić information content (AvgIpc) is 2.88. The van der Waals surface area contributed by atoms with Crippen molar-refractivity contribution in [1.82, 2.24) is 15.5 Å². The van der Waals surface area contributed by atoms with Gasteiger partial charge in [-0.1, -0.05) is 90.5 Å². The number of nitrogens with one attached hydrogen (secondary N) is 2. The highest BCUT2D eigenvalue weighted by molar-refractivity contribution is 5.92. The first-order valence-corrected chi connectivity index (χ1v) is 12.7. The molecule has 7 heteroatoms. The highest BCUT2D eigenvalue weighted by atomic mass is 16.6. The topological polar surface area (TPSA) is 87.7 Å². The molecule has 0 bridgehead atoms. The van der Waals surface area contributed by atoms with Crippen LogP contribution in [0.1, 0.15) is 49.1 Å². The van der Waals surface area contributed by atoms with Gasteiger partial charge < -0.3 is 20.3 Å². The minimum Gasteiger partial charge on any atom is -0.444 e. The van der Waals surface area contributed by atoms with Gasteiger partial charge in [-0.15, -0.1) is 0 Å². The van der Waals surface area contributed by atoms with Crippen LogP contribution in [0.2, 0.25) is 0 Å². The first-order valence-electron chi connectivity index (χ1n) is 12.7. The third-order valence-corrected chi connectivity index (χ3v) is 5.96. The number of likely N-dealkylation sites (N-methyl/N-ethyl adjacent to an activating group) is 1. The van der Waals surface area contributed by atoms with Crippen molar-refractivity contribution in [2.75, 3.05) is 7.05 Å². The maximum absolute atomic E-state index is 13.9. The van der Waals surface area contributed by atoms with E-state index in [0.29, 0.717) is 12.1 Å². The molecule has 2 N–H and O–H groups in total. The van der Waals surface area contributed by atoms with E-state index >= 15 is 0 Å². The van der Waals surface area contributed by atoms with Crippen LogP contribution < -0.4 is 10.6 Å². The van der Waals surface area contributed by atoms with Gasteiger partial charge in [-0.05, 0) is 44.4 Å². The van der Waals surface area contributed by atoms with Gasteiger partial charge in [-0.25, -0.2) is 4.79 Å². The number of aryl methyl sites for hydroxylation is 1. The molecule has 2 unspecified atom stereocenters. The van der Waals surface area contributed by atoms with Crippen LogP contribution in [0.25, 0.3) is 0 Å². The molecule has 3 rings (SSSR count). The Hall–Kier alpha value is -4.13. The van der Waals surface area contributed by atoms with Crippen LogP contribution in [-0.2, 0) is 27.3 Å². The van der Waals surface area contributed by atoms with E-state index in [1.54, 1.807) is 27.8 Å². The van der Waals surface area contributed by atoms with Gasteiger partial charge in [-0.3, -0.25) is 9.59 Å². The minimum absolute atomic E-state index is 0.246. The molecule has 0 aliphatic rings. The highest BCUT2D eigenvalue weighted by Gasteiger charge is 2.34. The van der Waals surface area contributed by atoms with Crippen LogP contribution in [0, 0.1) is 6.92 Å². The minimum atomic E-state index is -0.938. The van der Waals surface area contributed by atoms with E-state index < -0.39 is 29.7 Å². The third kappa shape index (κ3) is 8.47. The fourth-order valence-electron chi connectivity index (χ4n) is 4.05. The molecule has 3 aromatic rings. The van der Waals surface area contributed by atoms with Crippen LogP contribution in [0.5, 0.6) is 0 Å². The first-order chi connectivity index (χ1) is 18.0. The van der Waals surface area contributed by atoms with Gasteiger partial charge in [0.05, 0.1) is 0 Å². The Bertz CT molecular complexity index is 1210. The summed E-state index contributed by atoms with van der Waals surface area (Å²) in [5, 5.41) is 5.69. The molecule has 0 fully saturated rings. The van der Waals surface area contributed by atoms with Crippen LogP contribution in [0.4, 0.5) is 4.79 Å². The normalized spacial score (nSPS) is 12.7. The summed E-state index contributed by atoms with van der Waals surface area (Å²) in [6.07, 6.45) is -0.448. The quantitative estimate of drug-likeness (QED) is 0.422. The van der Waals surface area contributed by atoms with E-state index in [-0.39, 0.29) is 12.3 Å². The van der Waals surface area contributed by atoms with Crippen molar-refractivity contribution >= 4 is 17.9 Å². The number of benzene rings is 3. The molecule has 0 heterocycles. The van der Waals surface area contributed by atoms with Crippen LogP contribution in [-0.4, -0.2) is 41.5 Å². The van der Waals surface area contributed by atoms with Crippen molar-refractivity contribution in [1.29, 1.82) is 0 Å². The number of carbonyl (C=O) groups excluding carboxylic acids is 3. The Morgan fingerprint density at radius 1 is 0.842 bits per heavy atom. The Balaban J connectivity index is 1.88. The van der Waals surface area contributed by atoms with Gasteiger partial charge in [0.2, 0.25) is 11.8 Å². The zero-order valence-electron chi connectivity index (χ0n) is 22.7. The van der Waals surface area contributed by atoms with Crippen molar-refractivity contribution < 1.29 is 19.1 Å². The zero-order valence-corrected chi connectivity index (χ0v) is 22.7. The summed E-state index contributed by atoms with van der Waals surface area (Å²) < 4.78 is 5.43. The Morgan fingerprint density at radius 2 is 1.39 bits per heavy atom. The molecule has 0 saturated carbocycles. The summed E-state index contributed by atoms with van der Waals surface area (Å²) >= 11 is 0. The average molecular weight is 516 g/mol. The summed E-state index contributed by atoms with van der Waals surface area (Å²) in [5.41, 5.74) is 2.81. The lowest BCUT2D eigenvalue weighted by Gasteiger charge is -2.32. The number of rotatable bonds is 9. The molecule has 7 nitrogen and oxygen atoms in total. The lowest BCUT2D eigenvalue weighted by atomic mass is 10.00. The molecule has 3 aromatic carbocycles. The maximum atomic E-state index is 13.9. The van der Waals surface area contributed by atoms with Crippen molar-refractivity contribution in [2.45, 2.75) is 58.3 Å². The van der Waals surface area contributed by atoms with E-state index in [9.17, 15) is 14.4 Å². The summed E-state index contributed by atoms with van der Waals surface area (Å²) in [6, 6.07) is 24.7. The van der Waals surface area contributed by atoms with Crippen LogP contribution in [0.15, 0.2) is 84.9 Å². The molecule has 0 spiro atoms. The molecule has 0 aliphatic carbocycles. The van der Waals surface area contributed by atoms with Crippen LogP contribution in [0.3, 0.4) is 0 Å². The predicted octanol–water partition coefficient (Wildman–Crippen LogP) is 4.95. The standard InChI is InChI=1S/C31H37N3O4/c1-22-16-18-25(19-17-22)27(28(35)32-21-24-14-10-7-11-15-24)34(5)29(36)26(20-23-12-8-6-9-13-23)33-30(37)38-31(2,3)4/h6-19,26-27H,20-21H2,1-5H3,(H,32,35)(H,33,37). The largest absolute Gasteiger partial charge is 0.444 e. The monoisotopic (exact) mass is 515 g/mol. The summed E-state index contributed by atoms with van der Waals surface area (Å²) in [5.74, 6) is -0.718. The fraction of sp³-hybridized carbons (Fsp3) is 0.323. The summed E-state index contributed by atoms with van der Waals surface area (Å²) in [4.78, 5) is 41.5. The number of ether oxygens (including phenoxy) is 1. The molecule has 0 radical (unpaired) electrons. The predicted molar refractivity (Wildman–Crippen MR) is 148 cm³/mol. The number of nitrogens with zero attached hydrogens (tertiary/aromatic N) is 1. The molecule has 38 heavy (non-hydrogen) atoms. The molecule has 2 atom stereocenters. The first kappa shape index (κ1) is 28.4. The number of hydrogen-bond acceptors (Lipinski definition) is 4. The second kappa shape index (κ2) is 12.9. The number of hydrogen-bond donors (Lipinski definition) is 2. The fourth-order valence-corrected chi connectivity index (χ4v) is 4.05. The van der Waals surface area contributed by atoms with Gasteiger partial charge in [0, 0.05) is 20.0 Å². The SMILES string of the molecule is Cc1ccc(C(C(=O)NCc2ccccc2)N(C)C(=O)C(Cc2ccccc2)NC(=O)OC(C)(C)C)cc1. The van der Waals surface area contributed by atoms with E-state index in [2.05, 4.69) is 10.6 Å². The zero-order chi connectivity index (χ0) is 27.7. The van der Waals surface area contributed by atoms with Gasteiger partial charge >= 0.3 is 6.09 Å². The van der Waals surface area contributed by atoms with Gasteiger partial charge in [0.1, 0.15) is 17.7 Å². The van der Waals surface area contributed by atoms with Crippen molar-refractivity contribution in [3.63, 3.8) is 0 Å². The van der Waals surface area contributed by atoms with Gasteiger partial charge in [-0.2, -0.15) is 0 Å².